The summed E-state index contributed by atoms with van der Waals surface area (Å²) in [6.45, 7) is 2.25. The van der Waals surface area contributed by atoms with Crippen LogP contribution < -0.4 is 3.61 Å². The van der Waals surface area contributed by atoms with Gasteiger partial charge in [-0.1, -0.05) is 0 Å². The van der Waals surface area contributed by atoms with Gasteiger partial charge in [0.05, 0.1) is 0 Å². The fourth-order valence-corrected chi connectivity index (χ4v) is 5.09. The molecule has 0 aliphatic rings. The van der Waals surface area contributed by atoms with Gasteiger partial charge in [-0.05, 0) is 0 Å². The fourth-order valence-electron chi connectivity index (χ4n) is 1.33. The Balaban J connectivity index is 2.47. The number of hydrogen-bond acceptors (Lipinski definition) is 0. The van der Waals surface area contributed by atoms with Crippen molar-refractivity contribution < 1.29 is 0 Å². The van der Waals surface area contributed by atoms with E-state index in [4.69, 9.17) is 11.6 Å². The van der Waals surface area contributed by atoms with Crippen LogP contribution in [-0.4, -0.2) is 20.9 Å². The van der Waals surface area contributed by atoms with Crippen molar-refractivity contribution in [1.82, 2.24) is 0 Å². The standard InChI is InChI=1S/C13H16ClITe/c1-2-3-4-5-13(10-15)16-12-8-6-11(14)7-9-12/h6-10H,2-5H2,1H3/b13-10+. The van der Waals surface area contributed by atoms with Crippen LogP contribution in [0.4, 0.5) is 0 Å². The first-order valence-electron chi connectivity index (χ1n) is 5.49. The van der Waals surface area contributed by atoms with E-state index >= 15 is 0 Å². The molecule has 0 spiro atoms. The summed E-state index contributed by atoms with van der Waals surface area (Å²) in [5.74, 6) is 0. The minimum absolute atomic E-state index is 0.163. The fraction of sp³-hybridized carbons (Fsp3) is 0.385. The predicted molar refractivity (Wildman–Crippen MR) is 83.1 cm³/mol. The van der Waals surface area contributed by atoms with Crippen molar-refractivity contribution in [2.75, 3.05) is 0 Å². The number of allylic oxidation sites excluding steroid dienone is 1. The first-order valence-corrected chi connectivity index (χ1v) is 9.44. The van der Waals surface area contributed by atoms with Gasteiger partial charge < -0.3 is 0 Å². The molecule has 0 saturated heterocycles. The Bertz CT molecular complexity index is 332. The Morgan fingerprint density at radius 3 is 2.56 bits per heavy atom. The molecule has 0 aliphatic carbocycles. The first kappa shape index (κ1) is 14.8. The van der Waals surface area contributed by atoms with Gasteiger partial charge in [-0.2, -0.15) is 0 Å². The van der Waals surface area contributed by atoms with Crippen LogP contribution in [0, 0.1) is 0 Å². The van der Waals surface area contributed by atoms with Gasteiger partial charge in [0, 0.05) is 0 Å². The summed E-state index contributed by atoms with van der Waals surface area (Å²) in [7, 11) is 0. The third-order valence-corrected chi connectivity index (χ3v) is 7.64. The molecule has 0 fully saturated rings. The number of halogens is 2. The summed E-state index contributed by atoms with van der Waals surface area (Å²) in [4.78, 5) is 0. The number of hydrogen-bond donors (Lipinski definition) is 0. The molecule has 0 atom stereocenters. The normalized spacial score (nSPS) is 11.8. The van der Waals surface area contributed by atoms with E-state index in [9.17, 15) is 0 Å². The van der Waals surface area contributed by atoms with Crippen molar-refractivity contribution in [2.24, 2.45) is 0 Å². The third-order valence-electron chi connectivity index (χ3n) is 2.21. The zero-order valence-electron chi connectivity index (χ0n) is 9.38. The van der Waals surface area contributed by atoms with Crippen LogP contribution in [0.15, 0.2) is 32.0 Å². The second kappa shape index (κ2) is 8.80. The Kier molecular flexibility index (Phi) is 8.16. The summed E-state index contributed by atoms with van der Waals surface area (Å²) in [5.41, 5.74) is 0. The average Bonchev–Trinajstić information content (AvgIpc) is 2.31. The molecule has 1 aromatic rings. The Morgan fingerprint density at radius 1 is 1.31 bits per heavy atom. The SMILES string of the molecule is CCCCC/C(=C\I)[Te]c1ccc(Cl)cc1. The topological polar surface area (TPSA) is 0 Å². The summed E-state index contributed by atoms with van der Waals surface area (Å²) >= 11 is 8.10. The quantitative estimate of drug-likeness (QED) is 0.331. The molecule has 0 bridgehead atoms. The summed E-state index contributed by atoms with van der Waals surface area (Å²) in [5, 5.41) is 0.835. The van der Waals surface area contributed by atoms with Crippen LogP contribution >= 0.6 is 34.2 Å². The molecule has 3 heteroatoms. The molecule has 0 nitrogen and oxygen atoms in total. The van der Waals surface area contributed by atoms with Crippen LogP contribution in [-0.2, 0) is 0 Å². The van der Waals surface area contributed by atoms with Crippen molar-refractivity contribution in [3.8, 4) is 0 Å². The van der Waals surface area contributed by atoms with Crippen LogP contribution in [0.3, 0.4) is 0 Å². The number of rotatable bonds is 6. The van der Waals surface area contributed by atoms with E-state index in [1.807, 2.05) is 12.1 Å². The molecule has 0 N–H and O–H groups in total. The van der Waals surface area contributed by atoms with E-state index in [2.05, 4.69) is 45.7 Å². The molecular weight excluding hydrogens is 446 g/mol. The summed E-state index contributed by atoms with van der Waals surface area (Å²) in [6.07, 6.45) is 5.27. The number of unbranched alkanes of at least 4 members (excludes halogenated alkanes) is 2. The molecule has 0 aromatic heterocycles. The molecule has 0 radical (unpaired) electrons. The van der Waals surface area contributed by atoms with E-state index in [0.29, 0.717) is 0 Å². The van der Waals surface area contributed by atoms with Crippen LogP contribution in [0.2, 0.25) is 5.02 Å². The first-order chi connectivity index (χ1) is 7.76. The molecule has 1 rings (SSSR count). The molecule has 16 heavy (non-hydrogen) atoms. The summed E-state index contributed by atoms with van der Waals surface area (Å²) in [6, 6.07) is 8.34. The van der Waals surface area contributed by atoms with Crippen LogP contribution in [0.1, 0.15) is 32.6 Å². The van der Waals surface area contributed by atoms with Gasteiger partial charge >= 0.3 is 128 Å². The zero-order chi connectivity index (χ0) is 11.8. The second-order valence-electron chi connectivity index (χ2n) is 3.59. The van der Waals surface area contributed by atoms with E-state index in [0.717, 1.165) is 5.02 Å². The maximum atomic E-state index is 5.88. The molecule has 0 heterocycles. The summed E-state index contributed by atoms with van der Waals surface area (Å²) < 4.78 is 5.42. The van der Waals surface area contributed by atoms with Crippen LogP contribution in [0.25, 0.3) is 0 Å². The number of benzene rings is 1. The van der Waals surface area contributed by atoms with Crippen molar-refractivity contribution in [1.29, 1.82) is 0 Å². The molecule has 0 unspecified atom stereocenters. The van der Waals surface area contributed by atoms with Gasteiger partial charge in [0.15, 0.2) is 0 Å². The van der Waals surface area contributed by atoms with Crippen molar-refractivity contribution in [3.63, 3.8) is 0 Å². The van der Waals surface area contributed by atoms with Crippen LogP contribution in [0.5, 0.6) is 0 Å². The second-order valence-corrected chi connectivity index (χ2v) is 8.07. The van der Waals surface area contributed by atoms with E-state index in [1.54, 1.807) is 3.62 Å². The van der Waals surface area contributed by atoms with E-state index < -0.39 is 0 Å². The van der Waals surface area contributed by atoms with Gasteiger partial charge in [-0.25, -0.2) is 0 Å². The van der Waals surface area contributed by atoms with Crippen molar-refractivity contribution in [3.05, 3.63) is 37.0 Å². The molecule has 0 saturated carbocycles. The van der Waals surface area contributed by atoms with Gasteiger partial charge in [0.25, 0.3) is 0 Å². The molecule has 0 amide bonds. The zero-order valence-corrected chi connectivity index (χ0v) is 14.6. The predicted octanol–water partition coefficient (Wildman–Crippen LogP) is 4.53. The minimum atomic E-state index is -0.163. The monoisotopic (exact) mass is 464 g/mol. The van der Waals surface area contributed by atoms with Gasteiger partial charge in [-0.3, -0.25) is 0 Å². The Labute approximate surface area is 127 Å². The molecule has 0 aliphatic heterocycles. The maximum absolute atomic E-state index is 5.88. The third kappa shape index (κ3) is 5.91. The van der Waals surface area contributed by atoms with Crippen molar-refractivity contribution >= 4 is 58.7 Å². The van der Waals surface area contributed by atoms with Gasteiger partial charge in [0.1, 0.15) is 0 Å². The Hall–Kier alpha value is 0.770. The van der Waals surface area contributed by atoms with E-state index in [-0.39, 0.29) is 20.9 Å². The van der Waals surface area contributed by atoms with Gasteiger partial charge in [-0.15, -0.1) is 0 Å². The Morgan fingerprint density at radius 2 is 2.00 bits per heavy atom. The van der Waals surface area contributed by atoms with Gasteiger partial charge in [0.2, 0.25) is 0 Å². The van der Waals surface area contributed by atoms with Crippen molar-refractivity contribution in [2.45, 2.75) is 32.6 Å². The van der Waals surface area contributed by atoms with E-state index in [1.165, 1.54) is 29.3 Å². The molecule has 88 valence electrons. The molecular formula is C13H16ClITe. The average molecular weight is 462 g/mol. The molecule has 1 aromatic carbocycles.